The number of nitrogens with one attached hydrogen (secondary N) is 1. The Morgan fingerprint density at radius 2 is 1.96 bits per heavy atom. The highest BCUT2D eigenvalue weighted by Crippen LogP contribution is 2.15. The Bertz CT molecular complexity index is 799. The first-order valence-electron chi connectivity index (χ1n) is 9.57. The quantitative estimate of drug-likeness (QED) is 0.796. The summed E-state index contributed by atoms with van der Waals surface area (Å²) in [6, 6.07) is 7.62. The van der Waals surface area contributed by atoms with E-state index in [-0.39, 0.29) is 30.0 Å². The van der Waals surface area contributed by atoms with Crippen molar-refractivity contribution < 1.29 is 14.3 Å². The highest BCUT2D eigenvalue weighted by atomic mass is 16.5. The number of anilines is 1. The molecule has 0 saturated carbocycles. The summed E-state index contributed by atoms with van der Waals surface area (Å²) >= 11 is 0. The van der Waals surface area contributed by atoms with Gasteiger partial charge in [-0.3, -0.25) is 14.6 Å². The van der Waals surface area contributed by atoms with E-state index in [0.29, 0.717) is 19.7 Å². The molecule has 0 bridgehead atoms. The van der Waals surface area contributed by atoms with Gasteiger partial charge in [-0.25, -0.2) is 4.98 Å². The van der Waals surface area contributed by atoms with Gasteiger partial charge >= 0.3 is 0 Å². The number of aromatic nitrogens is 2. The van der Waals surface area contributed by atoms with Gasteiger partial charge < -0.3 is 15.0 Å². The maximum Gasteiger partial charge on any atom is 0.274 e. The third-order valence-corrected chi connectivity index (χ3v) is 4.68. The minimum absolute atomic E-state index is 0.00233. The molecule has 28 heavy (non-hydrogen) atoms. The van der Waals surface area contributed by atoms with Crippen molar-refractivity contribution in [2.24, 2.45) is 0 Å². The smallest absolute Gasteiger partial charge is 0.274 e. The zero-order valence-electron chi connectivity index (χ0n) is 16.4. The van der Waals surface area contributed by atoms with Crippen LogP contribution in [-0.2, 0) is 9.53 Å². The van der Waals surface area contributed by atoms with Gasteiger partial charge in [-0.2, -0.15) is 0 Å². The highest BCUT2D eigenvalue weighted by Gasteiger charge is 2.24. The van der Waals surface area contributed by atoms with E-state index in [0.717, 1.165) is 29.8 Å². The predicted molar refractivity (Wildman–Crippen MR) is 106 cm³/mol. The molecule has 2 heterocycles. The molecule has 1 aliphatic rings. The fraction of sp³-hybridized carbons (Fsp3) is 0.429. The minimum atomic E-state index is -0.230. The van der Waals surface area contributed by atoms with Crippen LogP contribution in [0.2, 0.25) is 0 Å². The van der Waals surface area contributed by atoms with Crippen LogP contribution in [0, 0.1) is 13.8 Å². The van der Waals surface area contributed by atoms with Gasteiger partial charge in [0.2, 0.25) is 5.91 Å². The molecule has 3 rings (SSSR count). The summed E-state index contributed by atoms with van der Waals surface area (Å²) in [7, 11) is 0. The van der Waals surface area contributed by atoms with E-state index in [4.69, 9.17) is 4.74 Å². The van der Waals surface area contributed by atoms with Gasteiger partial charge in [0.25, 0.3) is 5.91 Å². The topological polar surface area (TPSA) is 84.4 Å². The monoisotopic (exact) mass is 382 g/mol. The van der Waals surface area contributed by atoms with Crippen molar-refractivity contribution in [3.05, 3.63) is 53.6 Å². The number of rotatable bonds is 7. The van der Waals surface area contributed by atoms with Crippen LogP contribution in [0.25, 0.3) is 0 Å². The third-order valence-electron chi connectivity index (χ3n) is 4.68. The van der Waals surface area contributed by atoms with Crippen LogP contribution < -0.4 is 5.32 Å². The molecule has 1 fully saturated rings. The van der Waals surface area contributed by atoms with Gasteiger partial charge in [-0.1, -0.05) is 17.7 Å². The number of benzene rings is 1. The fourth-order valence-electron chi connectivity index (χ4n) is 3.07. The zero-order chi connectivity index (χ0) is 19.9. The number of nitrogens with zero attached hydrogens (tertiary/aromatic N) is 3. The lowest BCUT2D eigenvalue weighted by Crippen LogP contribution is -2.39. The van der Waals surface area contributed by atoms with Crippen LogP contribution in [-0.4, -0.2) is 52.5 Å². The maximum atomic E-state index is 12.9. The second-order valence-electron chi connectivity index (χ2n) is 7.09. The molecule has 1 aliphatic heterocycles. The van der Waals surface area contributed by atoms with Gasteiger partial charge in [0.05, 0.1) is 18.0 Å². The highest BCUT2D eigenvalue weighted by molar-refractivity contribution is 5.93. The Kier molecular flexibility index (Phi) is 6.71. The van der Waals surface area contributed by atoms with Crippen molar-refractivity contribution in [3.63, 3.8) is 0 Å². The van der Waals surface area contributed by atoms with E-state index in [9.17, 15) is 9.59 Å². The van der Waals surface area contributed by atoms with Crippen molar-refractivity contribution in [2.75, 3.05) is 25.0 Å². The average molecular weight is 382 g/mol. The summed E-state index contributed by atoms with van der Waals surface area (Å²) in [4.78, 5) is 35.2. The van der Waals surface area contributed by atoms with Crippen LogP contribution in [0.15, 0.2) is 36.7 Å². The van der Waals surface area contributed by atoms with E-state index in [1.54, 1.807) is 11.1 Å². The van der Waals surface area contributed by atoms with E-state index in [2.05, 4.69) is 15.3 Å². The molecule has 0 unspecified atom stereocenters. The number of hydrogen-bond donors (Lipinski definition) is 1. The largest absolute Gasteiger partial charge is 0.376 e. The van der Waals surface area contributed by atoms with Crippen molar-refractivity contribution in [1.29, 1.82) is 0 Å². The Balaban J connectivity index is 1.62. The Morgan fingerprint density at radius 1 is 1.18 bits per heavy atom. The Labute approximate surface area is 165 Å². The summed E-state index contributed by atoms with van der Waals surface area (Å²) in [6.45, 7) is 5.28. The summed E-state index contributed by atoms with van der Waals surface area (Å²) < 4.78 is 5.67. The summed E-state index contributed by atoms with van der Waals surface area (Å²) in [5, 5.41) is 2.87. The van der Waals surface area contributed by atoms with Gasteiger partial charge in [0, 0.05) is 38.0 Å². The molecule has 2 aromatic rings. The first-order valence-corrected chi connectivity index (χ1v) is 9.57. The molecule has 0 radical (unpaired) electrons. The maximum absolute atomic E-state index is 12.9. The molecule has 1 aromatic heterocycles. The van der Waals surface area contributed by atoms with Crippen LogP contribution >= 0.6 is 0 Å². The minimum Gasteiger partial charge on any atom is -0.376 e. The molecule has 2 amide bonds. The van der Waals surface area contributed by atoms with E-state index in [1.165, 1.54) is 6.20 Å². The molecule has 0 spiro atoms. The molecule has 1 saturated heterocycles. The first-order chi connectivity index (χ1) is 13.5. The first kappa shape index (κ1) is 19.9. The number of amides is 2. The second kappa shape index (κ2) is 9.41. The number of aryl methyl sites for hydroxylation is 2. The number of ether oxygens (including phenoxy) is 1. The van der Waals surface area contributed by atoms with Crippen molar-refractivity contribution in [1.82, 2.24) is 14.9 Å². The van der Waals surface area contributed by atoms with Crippen molar-refractivity contribution >= 4 is 17.5 Å². The second-order valence-corrected chi connectivity index (χ2v) is 7.09. The van der Waals surface area contributed by atoms with E-state index < -0.39 is 0 Å². The lowest BCUT2D eigenvalue weighted by molar-refractivity contribution is -0.116. The average Bonchev–Trinajstić information content (AvgIpc) is 3.20. The predicted octanol–water partition coefficient (Wildman–Crippen LogP) is 2.74. The molecule has 148 valence electrons. The van der Waals surface area contributed by atoms with Gasteiger partial charge in [-0.15, -0.1) is 0 Å². The van der Waals surface area contributed by atoms with Crippen LogP contribution in [0.4, 0.5) is 5.69 Å². The summed E-state index contributed by atoms with van der Waals surface area (Å²) in [5.74, 6) is -0.366. The van der Waals surface area contributed by atoms with Crippen molar-refractivity contribution in [3.8, 4) is 0 Å². The lowest BCUT2D eigenvalue weighted by Gasteiger charge is -2.25. The third kappa shape index (κ3) is 5.60. The Hall–Kier alpha value is -2.80. The summed E-state index contributed by atoms with van der Waals surface area (Å²) in [6.07, 6.45) is 5.16. The van der Waals surface area contributed by atoms with Gasteiger partial charge in [-0.05, 0) is 38.8 Å². The molecule has 7 nitrogen and oxygen atoms in total. The summed E-state index contributed by atoms with van der Waals surface area (Å²) in [5.41, 5.74) is 2.91. The number of carbonyl (C=O) groups excluding carboxylic acids is 2. The number of carbonyl (C=O) groups is 2. The van der Waals surface area contributed by atoms with Crippen LogP contribution in [0.5, 0.6) is 0 Å². The molecular formula is C21H26N4O3. The molecule has 1 aromatic carbocycles. The van der Waals surface area contributed by atoms with Crippen LogP contribution in [0.1, 0.15) is 41.0 Å². The standard InChI is InChI=1S/C21H26N4O3/c1-15-5-7-17(8-6-15)24-20(26)9-10-25(14-18-4-3-11-28-18)21(27)19-13-22-16(2)12-23-19/h5-8,12-13,18H,3-4,9-11,14H2,1-2H3,(H,24,26)/t18-/m1/s1. The van der Waals surface area contributed by atoms with E-state index in [1.807, 2.05) is 38.1 Å². The molecule has 1 atom stereocenters. The van der Waals surface area contributed by atoms with Crippen LogP contribution in [0.3, 0.4) is 0 Å². The van der Waals surface area contributed by atoms with Gasteiger partial charge in [0.1, 0.15) is 5.69 Å². The molecule has 1 N–H and O–H groups in total. The molecular weight excluding hydrogens is 356 g/mol. The molecule has 0 aliphatic carbocycles. The normalized spacial score (nSPS) is 16.0. The molecule has 7 heteroatoms. The fourth-order valence-corrected chi connectivity index (χ4v) is 3.07. The van der Waals surface area contributed by atoms with Gasteiger partial charge in [0.15, 0.2) is 0 Å². The van der Waals surface area contributed by atoms with E-state index >= 15 is 0 Å². The SMILES string of the molecule is Cc1ccc(NC(=O)CCN(C[C@H]2CCCO2)C(=O)c2cnc(C)cn2)cc1. The number of hydrogen-bond acceptors (Lipinski definition) is 5. The lowest BCUT2D eigenvalue weighted by atomic mass is 10.2. The Morgan fingerprint density at radius 3 is 2.61 bits per heavy atom. The zero-order valence-corrected chi connectivity index (χ0v) is 16.4. The van der Waals surface area contributed by atoms with Crippen molar-refractivity contribution in [2.45, 2.75) is 39.2 Å².